The average Bonchev–Trinajstić information content (AvgIpc) is 3.25. The molecule has 4 rings (SSSR count). The topological polar surface area (TPSA) is 46.3 Å². The van der Waals surface area contributed by atoms with Crippen molar-refractivity contribution >= 4 is 23.2 Å². The molecule has 0 aliphatic carbocycles. The maximum atomic E-state index is 12.6. The molecule has 1 aliphatic heterocycles. The SMILES string of the molecule is O=C(Cc1ccc(Cl)cc1)N1CCc2cc(-c3ccno3)ccc21. The van der Waals surface area contributed by atoms with Crippen LogP contribution in [0.15, 0.2) is 59.3 Å². The molecule has 2 aromatic carbocycles. The number of carbonyl (C=O) groups is 1. The van der Waals surface area contributed by atoms with Gasteiger partial charge < -0.3 is 9.42 Å². The maximum Gasteiger partial charge on any atom is 0.231 e. The highest BCUT2D eigenvalue weighted by atomic mass is 35.5. The summed E-state index contributed by atoms with van der Waals surface area (Å²) < 4.78 is 5.20. The van der Waals surface area contributed by atoms with Crippen molar-refractivity contribution in [3.05, 3.63) is 70.9 Å². The summed E-state index contributed by atoms with van der Waals surface area (Å²) in [6.07, 6.45) is 2.86. The molecule has 0 saturated carbocycles. The zero-order chi connectivity index (χ0) is 16.5. The number of benzene rings is 2. The normalized spacial score (nSPS) is 13.1. The predicted molar refractivity (Wildman–Crippen MR) is 93.2 cm³/mol. The number of carbonyl (C=O) groups excluding carboxylic acids is 1. The third-order valence-electron chi connectivity index (χ3n) is 4.27. The van der Waals surface area contributed by atoms with Gasteiger partial charge >= 0.3 is 0 Å². The number of anilines is 1. The van der Waals surface area contributed by atoms with Gasteiger partial charge in [0.2, 0.25) is 5.91 Å². The number of hydrogen-bond donors (Lipinski definition) is 0. The van der Waals surface area contributed by atoms with Gasteiger partial charge in [-0.25, -0.2) is 0 Å². The van der Waals surface area contributed by atoms with E-state index in [0.29, 0.717) is 18.0 Å². The summed E-state index contributed by atoms with van der Waals surface area (Å²) in [5.41, 5.74) is 4.10. The number of amides is 1. The number of fused-ring (bicyclic) bond motifs is 1. The van der Waals surface area contributed by atoms with E-state index in [2.05, 4.69) is 11.2 Å². The molecule has 0 spiro atoms. The molecule has 1 amide bonds. The van der Waals surface area contributed by atoms with Crippen LogP contribution in [-0.2, 0) is 17.6 Å². The lowest BCUT2D eigenvalue weighted by molar-refractivity contribution is -0.117. The molecule has 1 aromatic heterocycles. The van der Waals surface area contributed by atoms with Gasteiger partial charge in [0, 0.05) is 28.9 Å². The third-order valence-corrected chi connectivity index (χ3v) is 4.52. The van der Waals surface area contributed by atoms with Gasteiger partial charge in [-0.05, 0) is 47.9 Å². The molecule has 4 nitrogen and oxygen atoms in total. The van der Waals surface area contributed by atoms with Crippen molar-refractivity contribution in [1.29, 1.82) is 0 Å². The van der Waals surface area contributed by atoms with Crippen LogP contribution >= 0.6 is 11.6 Å². The Morgan fingerprint density at radius 1 is 1.17 bits per heavy atom. The van der Waals surface area contributed by atoms with Crippen molar-refractivity contribution in [2.24, 2.45) is 0 Å². The van der Waals surface area contributed by atoms with E-state index in [4.69, 9.17) is 16.1 Å². The smallest absolute Gasteiger partial charge is 0.231 e. The Balaban J connectivity index is 1.55. The van der Waals surface area contributed by atoms with Crippen molar-refractivity contribution in [3.63, 3.8) is 0 Å². The first-order valence-corrected chi connectivity index (χ1v) is 8.17. The van der Waals surface area contributed by atoms with Crippen LogP contribution < -0.4 is 4.90 Å². The fourth-order valence-electron chi connectivity index (χ4n) is 3.05. The first kappa shape index (κ1) is 15.0. The lowest BCUT2D eigenvalue weighted by Gasteiger charge is -2.17. The largest absolute Gasteiger partial charge is 0.356 e. The fourth-order valence-corrected chi connectivity index (χ4v) is 3.18. The van der Waals surface area contributed by atoms with Crippen molar-refractivity contribution in [3.8, 4) is 11.3 Å². The molecule has 3 aromatic rings. The van der Waals surface area contributed by atoms with Crippen LogP contribution in [0.2, 0.25) is 5.02 Å². The van der Waals surface area contributed by atoms with E-state index in [9.17, 15) is 4.79 Å². The monoisotopic (exact) mass is 338 g/mol. The van der Waals surface area contributed by atoms with Crippen molar-refractivity contribution in [2.75, 3.05) is 11.4 Å². The standard InChI is InChI=1S/C19H15ClN2O2/c20-16-4-1-13(2-5-16)11-19(23)22-10-8-14-12-15(3-6-17(14)22)18-7-9-21-24-18/h1-7,9,12H,8,10-11H2. The summed E-state index contributed by atoms with van der Waals surface area (Å²) in [4.78, 5) is 14.5. The highest BCUT2D eigenvalue weighted by Gasteiger charge is 2.25. The van der Waals surface area contributed by atoms with Gasteiger partial charge in [-0.1, -0.05) is 28.9 Å². The average molecular weight is 339 g/mol. The predicted octanol–water partition coefficient (Wildman–Crippen LogP) is 4.13. The number of hydrogen-bond acceptors (Lipinski definition) is 3. The van der Waals surface area contributed by atoms with Crippen molar-refractivity contribution in [2.45, 2.75) is 12.8 Å². The number of halogens is 1. The van der Waals surface area contributed by atoms with Gasteiger partial charge in [-0.2, -0.15) is 0 Å². The summed E-state index contributed by atoms with van der Waals surface area (Å²) in [6, 6.07) is 15.3. The van der Waals surface area contributed by atoms with E-state index in [0.717, 1.165) is 34.6 Å². The van der Waals surface area contributed by atoms with Gasteiger partial charge in [0.25, 0.3) is 0 Å². The highest BCUT2D eigenvalue weighted by molar-refractivity contribution is 6.30. The van der Waals surface area contributed by atoms with Crippen molar-refractivity contribution in [1.82, 2.24) is 5.16 Å². The molecule has 0 saturated heterocycles. The molecule has 24 heavy (non-hydrogen) atoms. The Labute approximate surface area is 144 Å². The van der Waals surface area contributed by atoms with Crippen LogP contribution in [0, 0.1) is 0 Å². The minimum absolute atomic E-state index is 0.100. The van der Waals surface area contributed by atoms with E-state index in [1.807, 2.05) is 47.4 Å². The molecular formula is C19H15ClN2O2. The Kier molecular flexibility index (Phi) is 3.82. The number of nitrogens with zero attached hydrogens (tertiary/aromatic N) is 2. The van der Waals surface area contributed by atoms with Gasteiger partial charge in [-0.15, -0.1) is 0 Å². The van der Waals surface area contributed by atoms with Gasteiger partial charge in [0.1, 0.15) is 0 Å². The zero-order valence-corrected chi connectivity index (χ0v) is 13.7. The van der Waals surface area contributed by atoms with Gasteiger partial charge in [0.05, 0.1) is 12.6 Å². The summed E-state index contributed by atoms with van der Waals surface area (Å²) in [5.74, 6) is 0.840. The Hall–Kier alpha value is -2.59. The Morgan fingerprint density at radius 3 is 2.75 bits per heavy atom. The lowest BCUT2D eigenvalue weighted by atomic mass is 10.1. The minimum atomic E-state index is 0.100. The quantitative estimate of drug-likeness (QED) is 0.721. The molecule has 120 valence electrons. The number of aromatic nitrogens is 1. The number of rotatable bonds is 3. The molecule has 2 heterocycles. The molecule has 0 N–H and O–H groups in total. The summed E-state index contributed by atoms with van der Waals surface area (Å²) in [7, 11) is 0. The van der Waals surface area contributed by atoms with Crippen LogP contribution in [0.1, 0.15) is 11.1 Å². The van der Waals surface area contributed by atoms with E-state index < -0.39 is 0 Å². The zero-order valence-electron chi connectivity index (χ0n) is 12.9. The summed E-state index contributed by atoms with van der Waals surface area (Å²) in [5, 5.41) is 4.42. The van der Waals surface area contributed by atoms with Crippen molar-refractivity contribution < 1.29 is 9.32 Å². The third kappa shape index (κ3) is 2.81. The van der Waals surface area contributed by atoms with Crippen LogP contribution in [0.3, 0.4) is 0 Å². The Morgan fingerprint density at radius 2 is 2.00 bits per heavy atom. The molecule has 1 aliphatic rings. The molecule has 0 radical (unpaired) electrons. The second-order valence-corrected chi connectivity index (χ2v) is 6.26. The Bertz CT molecular complexity index is 873. The van der Waals surface area contributed by atoms with Crippen LogP contribution in [0.4, 0.5) is 5.69 Å². The molecule has 5 heteroatoms. The maximum absolute atomic E-state index is 12.6. The summed E-state index contributed by atoms with van der Waals surface area (Å²) in [6.45, 7) is 0.710. The summed E-state index contributed by atoms with van der Waals surface area (Å²) >= 11 is 5.89. The van der Waals surface area contributed by atoms with Gasteiger partial charge in [-0.3, -0.25) is 4.79 Å². The molecule has 0 bridgehead atoms. The molecule has 0 fully saturated rings. The minimum Gasteiger partial charge on any atom is -0.356 e. The molecule has 0 unspecified atom stereocenters. The fraction of sp³-hybridized carbons (Fsp3) is 0.158. The molecule has 0 atom stereocenters. The van der Waals surface area contributed by atoms with E-state index >= 15 is 0 Å². The van der Waals surface area contributed by atoms with Crippen LogP contribution in [0.25, 0.3) is 11.3 Å². The van der Waals surface area contributed by atoms with Crippen LogP contribution in [-0.4, -0.2) is 17.6 Å². The molecular weight excluding hydrogens is 324 g/mol. The second-order valence-electron chi connectivity index (χ2n) is 5.82. The first-order chi connectivity index (χ1) is 11.7. The van der Waals surface area contributed by atoms with E-state index in [-0.39, 0.29) is 5.91 Å². The highest BCUT2D eigenvalue weighted by Crippen LogP contribution is 2.32. The second kappa shape index (κ2) is 6.13. The van der Waals surface area contributed by atoms with E-state index in [1.165, 1.54) is 0 Å². The van der Waals surface area contributed by atoms with E-state index in [1.54, 1.807) is 6.20 Å². The first-order valence-electron chi connectivity index (χ1n) is 7.79. The van der Waals surface area contributed by atoms with Crippen LogP contribution in [0.5, 0.6) is 0 Å². The van der Waals surface area contributed by atoms with Gasteiger partial charge in [0.15, 0.2) is 5.76 Å². The lowest BCUT2D eigenvalue weighted by Crippen LogP contribution is -2.30.